The van der Waals surface area contributed by atoms with Crippen molar-refractivity contribution in [2.45, 2.75) is 0 Å². The number of methoxy groups -OCH3 is 1. The fraction of sp³-hybridized carbons (Fsp3) is 0.0476. The van der Waals surface area contributed by atoms with Crippen LogP contribution < -0.4 is 4.74 Å². The normalized spacial score (nSPS) is 11.6. The highest BCUT2D eigenvalue weighted by Crippen LogP contribution is 2.32. The van der Waals surface area contributed by atoms with Crippen LogP contribution in [0.25, 0.3) is 33.3 Å². The third kappa shape index (κ3) is 2.52. The molecule has 0 saturated carbocycles. The molecule has 0 atom stereocenters. The fourth-order valence-electron chi connectivity index (χ4n) is 3.12. The van der Waals surface area contributed by atoms with Gasteiger partial charge < -0.3 is 9.72 Å². The molecule has 0 bridgehead atoms. The van der Waals surface area contributed by atoms with Crippen molar-refractivity contribution in [2.24, 2.45) is 0 Å². The Balaban J connectivity index is 1.91. The highest BCUT2D eigenvalue weighted by molar-refractivity contribution is 6.05. The lowest BCUT2D eigenvalue weighted by molar-refractivity contribution is 0.419. The number of ether oxygens (including phenoxy) is 1. The van der Waals surface area contributed by atoms with Crippen LogP contribution in [0.15, 0.2) is 61.1 Å². The molecule has 2 aromatic carbocycles. The van der Waals surface area contributed by atoms with Gasteiger partial charge in [-0.25, -0.2) is 0 Å². The fourth-order valence-corrected chi connectivity index (χ4v) is 3.12. The first-order valence-electron chi connectivity index (χ1n) is 7.91. The lowest BCUT2D eigenvalue weighted by Crippen LogP contribution is -1.85. The van der Waals surface area contributed by atoms with Crippen LogP contribution in [0.5, 0.6) is 5.75 Å². The predicted octanol–water partition coefficient (Wildman–Crippen LogP) is 4.79. The summed E-state index contributed by atoms with van der Waals surface area (Å²) in [6.07, 6.45) is 7.37. The number of H-pyrrole nitrogens is 1. The second-order valence-corrected chi connectivity index (χ2v) is 5.70. The highest BCUT2D eigenvalue weighted by atomic mass is 16.5. The molecular weight excluding hydrogens is 310 g/mol. The first-order valence-corrected chi connectivity index (χ1v) is 7.91. The first kappa shape index (κ1) is 15.0. The van der Waals surface area contributed by atoms with Gasteiger partial charge in [-0.05, 0) is 29.2 Å². The van der Waals surface area contributed by atoms with Gasteiger partial charge in [-0.15, -0.1) is 0 Å². The van der Waals surface area contributed by atoms with E-state index in [0.29, 0.717) is 5.57 Å². The minimum atomic E-state index is 0.601. The van der Waals surface area contributed by atoms with Gasteiger partial charge >= 0.3 is 0 Å². The van der Waals surface area contributed by atoms with Crippen LogP contribution >= 0.6 is 0 Å². The van der Waals surface area contributed by atoms with E-state index in [1.54, 1.807) is 13.3 Å². The molecule has 0 aliphatic heterocycles. The molecule has 0 amide bonds. The van der Waals surface area contributed by atoms with Crippen LogP contribution in [0.2, 0.25) is 0 Å². The highest BCUT2D eigenvalue weighted by Gasteiger charge is 2.12. The summed E-state index contributed by atoms with van der Waals surface area (Å²) >= 11 is 0. The van der Waals surface area contributed by atoms with E-state index in [2.05, 4.69) is 16.0 Å². The van der Waals surface area contributed by atoms with E-state index in [-0.39, 0.29) is 0 Å². The number of hydrogen-bond acceptors (Lipinski definition) is 3. The molecule has 0 aliphatic rings. The van der Waals surface area contributed by atoms with Gasteiger partial charge in [-0.3, -0.25) is 4.98 Å². The summed E-state index contributed by atoms with van der Waals surface area (Å²) in [5.74, 6) is 0.761. The maximum Gasteiger partial charge on any atom is 0.142 e. The third-order valence-electron chi connectivity index (χ3n) is 4.32. The average molecular weight is 325 g/mol. The summed E-state index contributed by atoms with van der Waals surface area (Å²) in [7, 11) is 1.64. The SMILES string of the molecule is COc1cccc2c(/C(C#N)=C/c3cccc4cnccc34)c[nH]c12. The zero-order valence-electron chi connectivity index (χ0n) is 13.7. The molecule has 4 rings (SSSR count). The number of pyridine rings is 1. The molecule has 2 heterocycles. The minimum absolute atomic E-state index is 0.601. The van der Waals surface area contributed by atoms with E-state index < -0.39 is 0 Å². The van der Waals surface area contributed by atoms with Crippen molar-refractivity contribution in [3.8, 4) is 11.8 Å². The number of benzene rings is 2. The Morgan fingerprint density at radius 3 is 2.88 bits per heavy atom. The number of allylic oxidation sites excluding steroid dienone is 1. The lowest BCUT2D eigenvalue weighted by Gasteiger charge is -2.04. The van der Waals surface area contributed by atoms with Crippen LogP contribution in [-0.2, 0) is 0 Å². The number of aromatic amines is 1. The van der Waals surface area contributed by atoms with Crippen molar-refractivity contribution >= 4 is 33.3 Å². The molecule has 25 heavy (non-hydrogen) atoms. The molecule has 0 spiro atoms. The Morgan fingerprint density at radius 2 is 2.04 bits per heavy atom. The number of nitrogens with zero attached hydrogens (tertiary/aromatic N) is 2. The van der Waals surface area contributed by atoms with Crippen LogP contribution in [0.4, 0.5) is 0 Å². The standard InChI is InChI=1S/C21H15N3O/c1-25-20-7-3-6-18-19(13-24-21(18)20)16(11-22)10-14-4-2-5-15-12-23-9-8-17(14)15/h2-10,12-13,24H,1H3/b16-10+. The number of fused-ring (bicyclic) bond motifs is 2. The monoisotopic (exact) mass is 325 g/mol. The molecule has 0 unspecified atom stereocenters. The summed E-state index contributed by atoms with van der Waals surface area (Å²) < 4.78 is 5.39. The molecule has 2 aromatic heterocycles. The van der Waals surface area contributed by atoms with Gasteiger partial charge in [-0.1, -0.05) is 30.3 Å². The average Bonchev–Trinajstić information content (AvgIpc) is 3.10. The zero-order chi connectivity index (χ0) is 17.2. The Labute approximate surface area is 145 Å². The maximum atomic E-state index is 9.74. The Bertz CT molecular complexity index is 1140. The predicted molar refractivity (Wildman–Crippen MR) is 100 cm³/mol. The third-order valence-corrected chi connectivity index (χ3v) is 4.32. The maximum absolute atomic E-state index is 9.74. The Morgan fingerprint density at radius 1 is 1.16 bits per heavy atom. The van der Waals surface area contributed by atoms with E-state index in [1.807, 2.05) is 60.9 Å². The molecule has 4 aromatic rings. The second-order valence-electron chi connectivity index (χ2n) is 5.70. The van der Waals surface area contributed by atoms with E-state index in [9.17, 15) is 5.26 Å². The van der Waals surface area contributed by atoms with Crippen LogP contribution in [0.3, 0.4) is 0 Å². The number of aromatic nitrogens is 2. The number of para-hydroxylation sites is 1. The zero-order valence-corrected chi connectivity index (χ0v) is 13.7. The van der Waals surface area contributed by atoms with Crippen molar-refractivity contribution in [2.75, 3.05) is 7.11 Å². The Hall–Kier alpha value is -3.58. The van der Waals surface area contributed by atoms with Gasteiger partial charge in [0.25, 0.3) is 0 Å². The molecule has 0 saturated heterocycles. The molecule has 0 aliphatic carbocycles. The molecule has 4 heteroatoms. The molecular formula is C21H15N3O. The molecule has 0 radical (unpaired) electrons. The summed E-state index contributed by atoms with van der Waals surface area (Å²) in [6, 6.07) is 16.1. The van der Waals surface area contributed by atoms with Crippen molar-refractivity contribution in [1.82, 2.24) is 9.97 Å². The summed E-state index contributed by atoms with van der Waals surface area (Å²) in [5, 5.41) is 12.8. The number of rotatable bonds is 3. The second kappa shape index (κ2) is 6.14. The first-order chi connectivity index (χ1) is 12.3. The van der Waals surface area contributed by atoms with Crippen molar-refractivity contribution in [1.29, 1.82) is 5.26 Å². The number of nitriles is 1. The van der Waals surface area contributed by atoms with Crippen LogP contribution in [0.1, 0.15) is 11.1 Å². The van der Waals surface area contributed by atoms with Gasteiger partial charge in [0.1, 0.15) is 5.75 Å². The summed E-state index contributed by atoms with van der Waals surface area (Å²) in [5.41, 5.74) is 3.35. The topological polar surface area (TPSA) is 61.7 Å². The largest absolute Gasteiger partial charge is 0.495 e. The van der Waals surface area contributed by atoms with Crippen LogP contribution in [-0.4, -0.2) is 17.1 Å². The van der Waals surface area contributed by atoms with Gasteiger partial charge in [-0.2, -0.15) is 5.26 Å². The van der Waals surface area contributed by atoms with E-state index in [1.165, 1.54) is 0 Å². The van der Waals surface area contributed by atoms with Gasteiger partial charge in [0.05, 0.1) is 24.3 Å². The molecule has 4 nitrogen and oxygen atoms in total. The summed E-state index contributed by atoms with van der Waals surface area (Å²) in [6.45, 7) is 0. The smallest absolute Gasteiger partial charge is 0.142 e. The summed E-state index contributed by atoms with van der Waals surface area (Å²) in [4.78, 5) is 7.38. The number of nitrogens with one attached hydrogen (secondary N) is 1. The van der Waals surface area contributed by atoms with Crippen molar-refractivity contribution < 1.29 is 4.74 Å². The minimum Gasteiger partial charge on any atom is -0.495 e. The van der Waals surface area contributed by atoms with Crippen molar-refractivity contribution in [3.63, 3.8) is 0 Å². The molecule has 120 valence electrons. The van der Waals surface area contributed by atoms with E-state index >= 15 is 0 Å². The van der Waals surface area contributed by atoms with Gasteiger partial charge in [0.2, 0.25) is 0 Å². The Kier molecular flexibility index (Phi) is 3.68. The number of hydrogen-bond donors (Lipinski definition) is 1. The molecule has 0 fully saturated rings. The molecule has 1 N–H and O–H groups in total. The van der Waals surface area contributed by atoms with Gasteiger partial charge in [0, 0.05) is 34.9 Å². The lowest BCUT2D eigenvalue weighted by atomic mass is 10.00. The quantitative estimate of drug-likeness (QED) is 0.551. The van der Waals surface area contributed by atoms with E-state index in [4.69, 9.17) is 4.74 Å². The van der Waals surface area contributed by atoms with Crippen molar-refractivity contribution in [3.05, 3.63) is 72.2 Å². The van der Waals surface area contributed by atoms with Gasteiger partial charge in [0.15, 0.2) is 0 Å². The van der Waals surface area contributed by atoms with Crippen LogP contribution in [0, 0.1) is 11.3 Å². The van der Waals surface area contributed by atoms with E-state index in [0.717, 1.165) is 38.6 Å².